The molecule has 2 saturated heterocycles. The smallest absolute Gasteiger partial charge is 0.272 e. The second-order valence-corrected chi connectivity index (χ2v) is 6.60. The second-order valence-electron chi connectivity index (χ2n) is 6.60. The molecule has 7 heteroatoms. The SMILES string of the molecule is CN1CCN(C(=O)c2cccc(C(=O)N3CCN(C)CC3)n2)CC1. The van der Waals surface area contributed by atoms with Gasteiger partial charge < -0.3 is 19.6 Å². The summed E-state index contributed by atoms with van der Waals surface area (Å²) in [6.07, 6.45) is 0. The van der Waals surface area contributed by atoms with Crippen LogP contribution in [0, 0.1) is 0 Å². The Labute approximate surface area is 142 Å². The average molecular weight is 331 g/mol. The third kappa shape index (κ3) is 3.73. The Morgan fingerprint density at radius 1 is 0.750 bits per heavy atom. The van der Waals surface area contributed by atoms with Gasteiger partial charge in [-0.3, -0.25) is 9.59 Å². The van der Waals surface area contributed by atoms with Crippen LogP contribution in [0.25, 0.3) is 0 Å². The third-order valence-electron chi connectivity index (χ3n) is 4.77. The standard InChI is InChI=1S/C17H25N5O2/c1-19-6-10-21(11-7-19)16(23)14-4-3-5-15(18-14)17(24)22-12-8-20(2)9-13-22/h3-5H,6-13H2,1-2H3. The van der Waals surface area contributed by atoms with E-state index in [1.54, 1.807) is 18.2 Å². The maximum Gasteiger partial charge on any atom is 0.272 e. The van der Waals surface area contributed by atoms with E-state index in [4.69, 9.17) is 0 Å². The molecule has 3 heterocycles. The van der Waals surface area contributed by atoms with Crippen LogP contribution in [-0.4, -0.2) is 103 Å². The Bertz CT molecular complexity index is 556. The van der Waals surface area contributed by atoms with Crippen LogP contribution in [0.4, 0.5) is 0 Å². The van der Waals surface area contributed by atoms with Crippen LogP contribution in [0.1, 0.15) is 21.0 Å². The van der Waals surface area contributed by atoms with Gasteiger partial charge in [0, 0.05) is 52.4 Å². The maximum absolute atomic E-state index is 12.6. The molecule has 2 fully saturated rings. The molecule has 1 aromatic heterocycles. The molecular weight excluding hydrogens is 306 g/mol. The topological polar surface area (TPSA) is 60.0 Å². The van der Waals surface area contributed by atoms with E-state index in [1.165, 1.54) is 0 Å². The molecule has 2 aliphatic rings. The highest BCUT2D eigenvalue weighted by molar-refractivity contribution is 5.96. The molecule has 0 saturated carbocycles. The number of amides is 2. The number of piperazine rings is 2. The van der Waals surface area contributed by atoms with Gasteiger partial charge in [-0.15, -0.1) is 0 Å². The van der Waals surface area contributed by atoms with Crippen molar-refractivity contribution >= 4 is 11.8 Å². The number of aromatic nitrogens is 1. The van der Waals surface area contributed by atoms with E-state index in [0.717, 1.165) is 26.2 Å². The molecule has 0 aromatic carbocycles. The van der Waals surface area contributed by atoms with Gasteiger partial charge in [0.2, 0.25) is 0 Å². The third-order valence-corrected chi connectivity index (χ3v) is 4.77. The van der Waals surface area contributed by atoms with Crippen LogP contribution in [0.15, 0.2) is 18.2 Å². The summed E-state index contributed by atoms with van der Waals surface area (Å²) in [7, 11) is 4.10. The molecule has 0 atom stereocenters. The minimum absolute atomic E-state index is 0.0869. The highest BCUT2D eigenvalue weighted by Gasteiger charge is 2.24. The van der Waals surface area contributed by atoms with Crippen molar-refractivity contribution in [3.63, 3.8) is 0 Å². The van der Waals surface area contributed by atoms with Crippen LogP contribution < -0.4 is 0 Å². The van der Waals surface area contributed by atoms with Gasteiger partial charge >= 0.3 is 0 Å². The quantitative estimate of drug-likeness (QED) is 0.755. The molecule has 0 radical (unpaired) electrons. The number of likely N-dealkylation sites (N-methyl/N-ethyl adjacent to an activating group) is 2. The predicted octanol–water partition coefficient (Wildman–Crippen LogP) is -0.143. The molecular formula is C17H25N5O2. The zero-order chi connectivity index (χ0) is 17.1. The van der Waals surface area contributed by atoms with Gasteiger partial charge in [0.05, 0.1) is 0 Å². The summed E-state index contributed by atoms with van der Waals surface area (Å²) in [6.45, 7) is 6.28. The van der Waals surface area contributed by atoms with E-state index >= 15 is 0 Å². The summed E-state index contributed by atoms with van der Waals surface area (Å²) in [5.41, 5.74) is 0.721. The Kier molecular flexibility index (Phi) is 5.11. The molecule has 1 aromatic rings. The highest BCUT2D eigenvalue weighted by atomic mass is 16.2. The van der Waals surface area contributed by atoms with Crippen LogP contribution in [0.5, 0.6) is 0 Å². The van der Waals surface area contributed by atoms with Gasteiger partial charge in [0.25, 0.3) is 11.8 Å². The van der Waals surface area contributed by atoms with Gasteiger partial charge in [0.1, 0.15) is 11.4 Å². The molecule has 3 rings (SSSR count). The summed E-state index contributed by atoms with van der Waals surface area (Å²) in [5, 5.41) is 0. The lowest BCUT2D eigenvalue weighted by Crippen LogP contribution is -2.48. The fraction of sp³-hybridized carbons (Fsp3) is 0.588. The zero-order valence-corrected chi connectivity index (χ0v) is 14.4. The molecule has 0 aliphatic carbocycles. The van der Waals surface area contributed by atoms with Crippen molar-refractivity contribution < 1.29 is 9.59 Å². The van der Waals surface area contributed by atoms with E-state index in [-0.39, 0.29) is 11.8 Å². The number of nitrogens with zero attached hydrogens (tertiary/aromatic N) is 5. The van der Waals surface area contributed by atoms with Crippen LogP contribution in [-0.2, 0) is 0 Å². The van der Waals surface area contributed by atoms with Crippen LogP contribution in [0.3, 0.4) is 0 Å². The predicted molar refractivity (Wildman–Crippen MR) is 91.0 cm³/mol. The molecule has 130 valence electrons. The highest BCUT2D eigenvalue weighted by Crippen LogP contribution is 2.10. The number of carbonyl (C=O) groups excluding carboxylic acids is 2. The average Bonchev–Trinajstić information content (AvgIpc) is 2.62. The molecule has 0 N–H and O–H groups in total. The first-order valence-electron chi connectivity index (χ1n) is 8.47. The van der Waals surface area contributed by atoms with Crippen LogP contribution in [0.2, 0.25) is 0 Å². The van der Waals surface area contributed by atoms with Crippen molar-refractivity contribution in [2.24, 2.45) is 0 Å². The summed E-state index contributed by atoms with van der Waals surface area (Å²) in [6, 6.07) is 5.14. The molecule has 24 heavy (non-hydrogen) atoms. The number of pyridine rings is 1. The summed E-state index contributed by atoms with van der Waals surface area (Å²) < 4.78 is 0. The molecule has 0 bridgehead atoms. The first-order valence-corrected chi connectivity index (χ1v) is 8.47. The lowest BCUT2D eigenvalue weighted by Gasteiger charge is -2.33. The van der Waals surface area contributed by atoms with Crippen molar-refractivity contribution in [2.75, 3.05) is 66.5 Å². The van der Waals surface area contributed by atoms with Crippen molar-refractivity contribution in [3.8, 4) is 0 Å². The van der Waals surface area contributed by atoms with E-state index in [0.29, 0.717) is 37.6 Å². The fourth-order valence-electron chi connectivity index (χ4n) is 3.02. The number of hydrogen-bond acceptors (Lipinski definition) is 5. The molecule has 0 unspecified atom stereocenters. The molecule has 0 spiro atoms. The number of carbonyl (C=O) groups is 2. The first kappa shape index (κ1) is 16.9. The molecule has 2 aliphatic heterocycles. The first-order chi connectivity index (χ1) is 11.5. The van der Waals surface area contributed by atoms with Crippen molar-refractivity contribution in [1.29, 1.82) is 0 Å². The minimum Gasteiger partial charge on any atom is -0.335 e. The van der Waals surface area contributed by atoms with Gasteiger partial charge in [-0.05, 0) is 26.2 Å². The van der Waals surface area contributed by atoms with E-state index in [9.17, 15) is 9.59 Å². The van der Waals surface area contributed by atoms with Gasteiger partial charge in [-0.2, -0.15) is 0 Å². The largest absolute Gasteiger partial charge is 0.335 e. The number of rotatable bonds is 2. The lowest BCUT2D eigenvalue weighted by molar-refractivity contribution is 0.0650. The lowest BCUT2D eigenvalue weighted by atomic mass is 10.2. The van der Waals surface area contributed by atoms with Crippen molar-refractivity contribution in [1.82, 2.24) is 24.6 Å². The summed E-state index contributed by atoms with van der Waals surface area (Å²) in [5.74, 6) is -0.174. The van der Waals surface area contributed by atoms with Gasteiger partial charge in [-0.1, -0.05) is 6.07 Å². The Morgan fingerprint density at radius 2 is 1.12 bits per heavy atom. The summed E-state index contributed by atoms with van der Waals surface area (Å²) in [4.78, 5) is 37.6. The van der Waals surface area contributed by atoms with Crippen molar-refractivity contribution in [3.05, 3.63) is 29.6 Å². The Morgan fingerprint density at radius 3 is 1.50 bits per heavy atom. The van der Waals surface area contributed by atoms with Gasteiger partial charge in [-0.25, -0.2) is 4.98 Å². The fourth-order valence-corrected chi connectivity index (χ4v) is 3.02. The molecule has 7 nitrogen and oxygen atoms in total. The van der Waals surface area contributed by atoms with E-state index in [2.05, 4.69) is 28.9 Å². The Balaban J connectivity index is 1.69. The summed E-state index contributed by atoms with van der Waals surface area (Å²) >= 11 is 0. The zero-order valence-electron chi connectivity index (χ0n) is 14.4. The molecule has 2 amide bonds. The second kappa shape index (κ2) is 7.27. The Hall–Kier alpha value is -1.99. The number of hydrogen-bond donors (Lipinski definition) is 0. The minimum atomic E-state index is -0.0869. The van der Waals surface area contributed by atoms with Crippen molar-refractivity contribution in [2.45, 2.75) is 0 Å². The van der Waals surface area contributed by atoms with Crippen LogP contribution >= 0.6 is 0 Å². The van der Waals surface area contributed by atoms with Gasteiger partial charge in [0.15, 0.2) is 0 Å². The normalized spacial score (nSPS) is 20.2. The monoisotopic (exact) mass is 331 g/mol. The van der Waals surface area contributed by atoms with E-state index in [1.807, 2.05) is 9.80 Å². The maximum atomic E-state index is 12.6. The van der Waals surface area contributed by atoms with E-state index < -0.39 is 0 Å².